The van der Waals surface area contributed by atoms with Crippen LogP contribution in [0.1, 0.15) is 60.7 Å². The molecule has 4 rings (SSSR count). The van der Waals surface area contributed by atoms with Crippen molar-refractivity contribution in [2.24, 2.45) is 0 Å². The summed E-state index contributed by atoms with van der Waals surface area (Å²) >= 11 is 0.967. The maximum Gasteiger partial charge on any atom is 0.337 e. The number of hydrogen-bond donors (Lipinski definition) is 2. The molecule has 0 fully saturated rings. The fourth-order valence-electron chi connectivity index (χ4n) is 4.00. The van der Waals surface area contributed by atoms with E-state index in [1.807, 2.05) is 39.0 Å². The van der Waals surface area contributed by atoms with Gasteiger partial charge in [-0.05, 0) is 67.8 Å². The summed E-state index contributed by atoms with van der Waals surface area (Å²) in [4.78, 5) is 56.4. The summed E-state index contributed by atoms with van der Waals surface area (Å²) in [5.74, 6) is -1.68. The Morgan fingerprint density at radius 2 is 1.59 bits per heavy atom. The maximum absolute atomic E-state index is 13.5. The number of esters is 1. The van der Waals surface area contributed by atoms with Gasteiger partial charge in [0.05, 0.1) is 12.7 Å². The summed E-state index contributed by atoms with van der Waals surface area (Å²) < 4.78 is 5.87. The van der Waals surface area contributed by atoms with Gasteiger partial charge in [-0.15, -0.1) is 0 Å². The lowest BCUT2D eigenvalue weighted by atomic mass is 10.1. The van der Waals surface area contributed by atoms with Gasteiger partial charge in [-0.3, -0.25) is 14.4 Å². The van der Waals surface area contributed by atoms with Crippen molar-refractivity contribution in [3.05, 3.63) is 91.8 Å². The van der Waals surface area contributed by atoms with E-state index in [4.69, 9.17) is 4.74 Å². The Balaban J connectivity index is 1.76. The van der Waals surface area contributed by atoms with Gasteiger partial charge < -0.3 is 15.4 Å². The summed E-state index contributed by atoms with van der Waals surface area (Å²) in [5, 5.41) is 5.56. The molecular weight excluding hydrogens is 492 g/mol. The van der Waals surface area contributed by atoms with Crippen molar-refractivity contribution in [1.82, 2.24) is 9.38 Å². The molecule has 10 heteroatoms. The van der Waals surface area contributed by atoms with Crippen LogP contribution in [-0.4, -0.2) is 34.3 Å². The van der Waals surface area contributed by atoms with Gasteiger partial charge in [0.2, 0.25) is 0 Å². The van der Waals surface area contributed by atoms with E-state index in [-0.39, 0.29) is 15.5 Å². The Labute approximate surface area is 217 Å². The van der Waals surface area contributed by atoms with E-state index in [1.54, 1.807) is 12.1 Å². The van der Waals surface area contributed by atoms with E-state index in [1.165, 1.54) is 29.7 Å². The summed E-state index contributed by atoms with van der Waals surface area (Å²) in [7, 11) is 1.28. The second-order valence-corrected chi connectivity index (χ2v) is 9.56. The predicted molar refractivity (Wildman–Crippen MR) is 143 cm³/mol. The number of nitrogens with one attached hydrogen (secondary N) is 2. The summed E-state index contributed by atoms with van der Waals surface area (Å²) in [6.45, 7) is 5.80. The van der Waals surface area contributed by atoms with Crippen LogP contribution in [-0.2, 0) is 11.2 Å². The molecule has 2 amide bonds. The van der Waals surface area contributed by atoms with Crippen molar-refractivity contribution in [2.75, 3.05) is 17.7 Å². The Morgan fingerprint density at radius 1 is 0.946 bits per heavy atom. The van der Waals surface area contributed by atoms with Crippen molar-refractivity contribution < 1.29 is 19.1 Å². The van der Waals surface area contributed by atoms with Crippen LogP contribution in [0.15, 0.2) is 53.3 Å². The third-order valence-electron chi connectivity index (χ3n) is 5.54. The van der Waals surface area contributed by atoms with E-state index in [0.717, 1.165) is 28.9 Å². The summed E-state index contributed by atoms with van der Waals surface area (Å²) in [5.41, 5.74) is 3.28. The monoisotopic (exact) mass is 518 g/mol. The number of amides is 2. The highest BCUT2D eigenvalue weighted by molar-refractivity contribution is 7.19. The average Bonchev–Trinajstić information content (AvgIpc) is 3.24. The molecule has 0 aliphatic heterocycles. The molecule has 2 heterocycles. The molecular formula is C27H26N4O5S. The van der Waals surface area contributed by atoms with Crippen molar-refractivity contribution in [3.8, 4) is 0 Å². The molecule has 0 saturated carbocycles. The molecule has 37 heavy (non-hydrogen) atoms. The van der Waals surface area contributed by atoms with Crippen molar-refractivity contribution in [1.29, 1.82) is 0 Å². The lowest BCUT2D eigenvalue weighted by Gasteiger charge is -2.10. The minimum absolute atomic E-state index is 0.0390. The number of thiazole rings is 1. The summed E-state index contributed by atoms with van der Waals surface area (Å²) in [6.07, 6.45) is 1.39. The standard InChI is InChI=1S/C27H26N4O5S/c1-5-6-19-14-21(32)31-22(24(33)29-20-12-15(2)11-16(3)13-20)23(37-27(31)30-19)25(34)28-18-9-7-17(8-10-18)26(35)36-4/h7-14H,5-6H2,1-4H3,(H,28,34)(H,29,33). The largest absolute Gasteiger partial charge is 0.465 e. The maximum atomic E-state index is 13.5. The van der Waals surface area contributed by atoms with Crippen LogP contribution < -0.4 is 16.2 Å². The molecule has 2 N–H and O–H groups in total. The van der Waals surface area contributed by atoms with E-state index < -0.39 is 23.3 Å². The number of carbonyl (C=O) groups excluding carboxylic acids is 3. The number of benzene rings is 2. The highest BCUT2D eigenvalue weighted by Gasteiger charge is 2.26. The number of ether oxygens (including phenoxy) is 1. The van der Waals surface area contributed by atoms with Crippen molar-refractivity contribution >= 4 is 45.5 Å². The minimum Gasteiger partial charge on any atom is -0.465 e. The lowest BCUT2D eigenvalue weighted by molar-refractivity contribution is 0.0600. The Kier molecular flexibility index (Phi) is 7.49. The molecule has 0 spiro atoms. The first kappa shape index (κ1) is 25.8. The Bertz CT molecular complexity index is 1550. The third-order valence-corrected chi connectivity index (χ3v) is 6.58. The first-order chi connectivity index (χ1) is 17.7. The number of nitrogens with zero attached hydrogens (tertiary/aromatic N) is 2. The van der Waals surface area contributed by atoms with E-state index >= 15 is 0 Å². The smallest absolute Gasteiger partial charge is 0.337 e. The van der Waals surface area contributed by atoms with Crippen LogP contribution in [0.2, 0.25) is 0 Å². The second-order valence-electron chi connectivity index (χ2n) is 8.59. The SMILES string of the molecule is CCCc1cc(=O)n2c(C(=O)Nc3cc(C)cc(C)c3)c(C(=O)Nc3ccc(C(=O)OC)cc3)sc2n1. The molecule has 2 aromatic heterocycles. The van der Waals surface area contributed by atoms with Gasteiger partial charge in [0.25, 0.3) is 17.4 Å². The molecule has 0 atom stereocenters. The molecule has 0 bridgehead atoms. The fraction of sp³-hybridized carbons (Fsp3) is 0.222. The van der Waals surface area contributed by atoms with Gasteiger partial charge in [-0.1, -0.05) is 30.7 Å². The molecule has 4 aromatic rings. The number of rotatable bonds is 7. The second kappa shape index (κ2) is 10.8. The summed E-state index contributed by atoms with van der Waals surface area (Å²) in [6, 6.07) is 13.1. The molecule has 190 valence electrons. The highest BCUT2D eigenvalue weighted by atomic mass is 32.1. The first-order valence-corrected chi connectivity index (χ1v) is 12.5. The van der Waals surface area contributed by atoms with Crippen LogP contribution in [0.5, 0.6) is 0 Å². The number of aryl methyl sites for hydroxylation is 3. The third kappa shape index (κ3) is 5.59. The van der Waals surface area contributed by atoms with Crippen LogP contribution >= 0.6 is 11.3 Å². The molecule has 2 aromatic carbocycles. The van der Waals surface area contributed by atoms with Crippen LogP contribution in [0, 0.1) is 13.8 Å². The molecule has 0 aliphatic carbocycles. The van der Waals surface area contributed by atoms with E-state index in [9.17, 15) is 19.2 Å². The number of anilines is 2. The highest BCUT2D eigenvalue weighted by Crippen LogP contribution is 2.25. The van der Waals surface area contributed by atoms with Gasteiger partial charge in [0, 0.05) is 23.1 Å². The zero-order chi connectivity index (χ0) is 26.7. The lowest BCUT2D eigenvalue weighted by Crippen LogP contribution is -2.25. The van der Waals surface area contributed by atoms with Crippen molar-refractivity contribution in [2.45, 2.75) is 33.6 Å². The number of aromatic nitrogens is 2. The fourth-order valence-corrected chi connectivity index (χ4v) is 5.04. The zero-order valence-electron chi connectivity index (χ0n) is 20.9. The molecule has 0 unspecified atom stereocenters. The van der Waals surface area contributed by atoms with Gasteiger partial charge in [-0.25, -0.2) is 14.2 Å². The van der Waals surface area contributed by atoms with Crippen molar-refractivity contribution in [3.63, 3.8) is 0 Å². The van der Waals surface area contributed by atoms with Crippen LogP contribution in [0.25, 0.3) is 4.96 Å². The van der Waals surface area contributed by atoms with Crippen LogP contribution in [0.3, 0.4) is 0 Å². The van der Waals surface area contributed by atoms with Gasteiger partial charge in [-0.2, -0.15) is 0 Å². The topological polar surface area (TPSA) is 119 Å². The number of fused-ring (bicyclic) bond motifs is 1. The number of hydrogen-bond acceptors (Lipinski definition) is 7. The Morgan fingerprint density at radius 3 is 2.22 bits per heavy atom. The van der Waals surface area contributed by atoms with E-state index in [0.29, 0.717) is 29.1 Å². The minimum atomic E-state index is -0.602. The molecule has 0 aliphatic rings. The first-order valence-electron chi connectivity index (χ1n) is 11.6. The normalized spacial score (nSPS) is 10.8. The van der Waals surface area contributed by atoms with Gasteiger partial charge in [0.1, 0.15) is 10.6 Å². The quantitative estimate of drug-likeness (QED) is 0.345. The Hall–Kier alpha value is -4.31. The van der Waals surface area contributed by atoms with E-state index in [2.05, 4.69) is 15.6 Å². The molecule has 9 nitrogen and oxygen atoms in total. The number of methoxy groups -OCH3 is 1. The molecule has 0 saturated heterocycles. The van der Waals surface area contributed by atoms with Crippen LogP contribution in [0.4, 0.5) is 11.4 Å². The van der Waals surface area contributed by atoms with Gasteiger partial charge >= 0.3 is 5.97 Å². The van der Waals surface area contributed by atoms with Gasteiger partial charge in [0.15, 0.2) is 4.96 Å². The average molecular weight is 519 g/mol. The number of carbonyl (C=O) groups is 3. The zero-order valence-corrected chi connectivity index (χ0v) is 21.7. The molecule has 0 radical (unpaired) electrons. The predicted octanol–water partition coefficient (Wildman–Crippen LogP) is 4.62.